The molecule has 0 amide bonds. The number of carboxylic acids is 1. The van der Waals surface area contributed by atoms with Gasteiger partial charge in [-0.2, -0.15) is 0 Å². The Hall–Kier alpha value is 0.0800. The minimum Gasteiger partial charge on any atom is -0.480 e. The molecule has 0 spiro atoms. The normalized spacial score (nSPS) is 12.8. The first kappa shape index (κ1) is 16.5. The fourth-order valence-corrected chi connectivity index (χ4v) is 4.41. The Bertz CT molecular complexity index is 684. The Morgan fingerprint density at radius 2 is 1.85 bits per heavy atom. The number of carboxylic acid groups (broad SMARTS) is 1. The van der Waals surface area contributed by atoms with Crippen molar-refractivity contribution in [2.75, 3.05) is 0 Å². The van der Waals surface area contributed by atoms with Crippen molar-refractivity contribution in [1.29, 1.82) is 0 Å². The van der Waals surface area contributed by atoms with Gasteiger partial charge in [-0.05, 0) is 70.1 Å². The average Bonchev–Trinajstić information content (AvgIpc) is 2.84. The Morgan fingerprint density at radius 3 is 2.40 bits per heavy atom. The highest BCUT2D eigenvalue weighted by Gasteiger charge is 2.25. The third kappa shape index (κ3) is 2.71. The van der Waals surface area contributed by atoms with Gasteiger partial charge in [-0.15, -0.1) is 0 Å². The van der Waals surface area contributed by atoms with Crippen LogP contribution in [0.2, 0.25) is 0 Å². The van der Waals surface area contributed by atoms with Gasteiger partial charge in [-0.1, -0.05) is 13.3 Å². The molecule has 0 radical (unpaired) electrons. The second-order valence-electron chi connectivity index (χ2n) is 4.25. The molecule has 2 rings (SSSR count). The number of aliphatic carboxylic acids is 1. The molecule has 20 heavy (non-hydrogen) atoms. The summed E-state index contributed by atoms with van der Waals surface area (Å²) in [6.45, 7) is 1.96. The lowest BCUT2D eigenvalue weighted by molar-refractivity contribution is -0.141. The van der Waals surface area contributed by atoms with Gasteiger partial charge in [-0.25, -0.2) is 9.78 Å². The third-order valence-electron chi connectivity index (χ3n) is 2.97. The summed E-state index contributed by atoms with van der Waals surface area (Å²) in [7, 11) is 0. The van der Waals surface area contributed by atoms with Crippen molar-refractivity contribution < 1.29 is 9.90 Å². The summed E-state index contributed by atoms with van der Waals surface area (Å²) in [5, 5.41) is 9.42. The second kappa shape index (κ2) is 6.46. The lowest BCUT2D eigenvalue weighted by atomic mass is 10.1. The molecule has 0 aliphatic rings. The summed E-state index contributed by atoms with van der Waals surface area (Å²) in [6.07, 6.45) is 2.92. The van der Waals surface area contributed by atoms with E-state index >= 15 is 0 Å². The van der Waals surface area contributed by atoms with Crippen molar-refractivity contribution in [3.8, 4) is 0 Å². The first-order valence-electron chi connectivity index (χ1n) is 5.81. The molecule has 2 aromatic rings. The van der Waals surface area contributed by atoms with Crippen LogP contribution in [0.25, 0.3) is 11.0 Å². The number of halogens is 4. The molecule has 0 bridgehead atoms. The minimum atomic E-state index is -0.854. The summed E-state index contributed by atoms with van der Waals surface area (Å²) in [6, 6.07) is -0.624. The third-order valence-corrected chi connectivity index (χ3v) is 7.70. The van der Waals surface area contributed by atoms with Crippen molar-refractivity contribution in [1.82, 2.24) is 9.55 Å². The minimum absolute atomic E-state index is 0.554. The van der Waals surface area contributed by atoms with Gasteiger partial charge < -0.3 is 9.67 Å². The number of imidazole rings is 1. The predicted molar refractivity (Wildman–Crippen MR) is 92.1 cm³/mol. The van der Waals surface area contributed by atoms with Crippen molar-refractivity contribution in [2.45, 2.75) is 25.8 Å². The summed E-state index contributed by atoms with van der Waals surface area (Å²) < 4.78 is 4.93. The highest BCUT2D eigenvalue weighted by atomic mass is 79.9. The van der Waals surface area contributed by atoms with E-state index in [1.807, 2.05) is 6.92 Å². The van der Waals surface area contributed by atoms with Gasteiger partial charge in [-0.3, -0.25) is 0 Å². The maximum absolute atomic E-state index is 11.5. The molecule has 1 aromatic carbocycles. The Kier molecular flexibility index (Phi) is 5.31. The van der Waals surface area contributed by atoms with Gasteiger partial charge in [0.2, 0.25) is 0 Å². The highest BCUT2D eigenvalue weighted by Crippen LogP contribution is 2.43. The molecule has 0 aliphatic heterocycles. The van der Waals surface area contributed by atoms with Gasteiger partial charge in [0.15, 0.2) is 0 Å². The van der Waals surface area contributed by atoms with Crippen LogP contribution in [0.5, 0.6) is 0 Å². The average molecular weight is 534 g/mol. The number of carbonyl (C=O) groups is 1. The van der Waals surface area contributed by atoms with Crippen molar-refractivity contribution >= 4 is 80.7 Å². The van der Waals surface area contributed by atoms with E-state index < -0.39 is 12.0 Å². The summed E-state index contributed by atoms with van der Waals surface area (Å²) in [4.78, 5) is 15.8. The molecule has 0 fully saturated rings. The molecule has 0 saturated heterocycles. The van der Waals surface area contributed by atoms with Gasteiger partial charge in [0.25, 0.3) is 0 Å². The van der Waals surface area contributed by atoms with Crippen LogP contribution in [-0.4, -0.2) is 20.6 Å². The fourth-order valence-electron chi connectivity index (χ4n) is 2.03. The lowest BCUT2D eigenvalue weighted by Crippen LogP contribution is -2.18. The van der Waals surface area contributed by atoms with Crippen molar-refractivity contribution in [2.24, 2.45) is 0 Å². The number of aromatic nitrogens is 2. The first-order chi connectivity index (χ1) is 9.40. The molecule has 1 heterocycles. The van der Waals surface area contributed by atoms with Crippen LogP contribution in [0, 0.1) is 0 Å². The van der Waals surface area contributed by atoms with Crippen molar-refractivity contribution in [3.63, 3.8) is 0 Å². The summed E-state index contributed by atoms with van der Waals surface area (Å²) in [5.74, 6) is -0.854. The number of benzene rings is 1. The number of nitrogens with zero attached hydrogens (tertiary/aromatic N) is 2. The Balaban J connectivity index is 2.76. The molecule has 8 heteroatoms. The van der Waals surface area contributed by atoms with Crippen LogP contribution in [0.15, 0.2) is 24.2 Å². The quantitative estimate of drug-likeness (QED) is 0.416. The fraction of sp³-hybridized carbons (Fsp3) is 0.333. The molecule has 0 saturated carbocycles. The van der Waals surface area contributed by atoms with E-state index in [0.29, 0.717) is 11.9 Å². The van der Waals surface area contributed by atoms with Gasteiger partial charge in [0.1, 0.15) is 11.6 Å². The van der Waals surface area contributed by atoms with E-state index in [0.717, 1.165) is 29.8 Å². The number of hydrogen-bond donors (Lipinski definition) is 1. The highest BCUT2D eigenvalue weighted by molar-refractivity contribution is 9.15. The number of fused-ring (bicyclic) bond motifs is 1. The molecule has 0 aliphatic carbocycles. The van der Waals surface area contributed by atoms with Crippen LogP contribution < -0.4 is 0 Å². The van der Waals surface area contributed by atoms with E-state index in [4.69, 9.17) is 0 Å². The maximum Gasteiger partial charge on any atom is 0.326 e. The van der Waals surface area contributed by atoms with Gasteiger partial charge in [0, 0.05) is 8.95 Å². The number of hydrogen-bond acceptors (Lipinski definition) is 2. The molecule has 4 nitrogen and oxygen atoms in total. The topological polar surface area (TPSA) is 55.1 Å². The molecule has 1 aromatic heterocycles. The first-order valence-corrected chi connectivity index (χ1v) is 8.98. The maximum atomic E-state index is 11.5. The van der Waals surface area contributed by atoms with Crippen LogP contribution >= 0.6 is 63.7 Å². The van der Waals surface area contributed by atoms with Crippen molar-refractivity contribution in [3.05, 3.63) is 24.2 Å². The van der Waals surface area contributed by atoms with Crippen LogP contribution in [0.1, 0.15) is 25.8 Å². The molecular weight excluding hydrogens is 524 g/mol. The van der Waals surface area contributed by atoms with E-state index in [-0.39, 0.29) is 0 Å². The zero-order chi connectivity index (χ0) is 15.0. The Labute approximate surface area is 149 Å². The lowest BCUT2D eigenvalue weighted by Gasteiger charge is -2.15. The predicted octanol–water partition coefficient (Wildman–Crippen LogP) is 5.51. The zero-order valence-corrected chi connectivity index (χ0v) is 16.7. The largest absolute Gasteiger partial charge is 0.480 e. The molecule has 108 valence electrons. The summed E-state index contributed by atoms with van der Waals surface area (Å²) >= 11 is 13.9. The molecular formula is C12H10Br4N2O2. The molecule has 1 N–H and O–H groups in total. The molecule has 1 unspecified atom stereocenters. The number of rotatable bonds is 4. The van der Waals surface area contributed by atoms with Gasteiger partial charge >= 0.3 is 5.97 Å². The van der Waals surface area contributed by atoms with E-state index in [2.05, 4.69) is 68.7 Å². The SMILES string of the molecule is CCCC(C(=O)O)n1cnc2c(Br)c(Br)c(Br)c(Br)c21. The summed E-state index contributed by atoms with van der Waals surface area (Å²) in [5.41, 5.74) is 1.47. The zero-order valence-electron chi connectivity index (χ0n) is 10.3. The van der Waals surface area contributed by atoms with E-state index in [1.165, 1.54) is 0 Å². The van der Waals surface area contributed by atoms with Crippen LogP contribution in [0.3, 0.4) is 0 Å². The van der Waals surface area contributed by atoms with E-state index in [1.54, 1.807) is 10.9 Å². The van der Waals surface area contributed by atoms with Gasteiger partial charge in [0.05, 0.1) is 20.8 Å². The van der Waals surface area contributed by atoms with Crippen LogP contribution in [0.4, 0.5) is 0 Å². The Morgan fingerprint density at radius 1 is 1.25 bits per heavy atom. The molecule has 1 atom stereocenters. The smallest absolute Gasteiger partial charge is 0.326 e. The van der Waals surface area contributed by atoms with E-state index in [9.17, 15) is 9.90 Å². The second-order valence-corrected chi connectivity index (χ2v) is 7.42. The monoisotopic (exact) mass is 530 g/mol. The van der Waals surface area contributed by atoms with Crippen LogP contribution in [-0.2, 0) is 4.79 Å². The standard InChI is InChI=1S/C12H10Br4N2O2/c1-2-3-5(12(19)20)18-4-17-10-8(15)6(13)7(14)9(16)11(10)18/h4-5H,2-3H2,1H3,(H,19,20).